The Balaban J connectivity index is 2.82. The van der Waals surface area contributed by atoms with Gasteiger partial charge in [0.05, 0.1) is 0 Å². The van der Waals surface area contributed by atoms with Crippen molar-refractivity contribution in [3.8, 4) is 0 Å². The van der Waals surface area contributed by atoms with Crippen molar-refractivity contribution in [3.63, 3.8) is 0 Å². The first kappa shape index (κ1) is 11.0. The van der Waals surface area contributed by atoms with Crippen molar-refractivity contribution in [2.75, 3.05) is 12.3 Å². The Hall–Kier alpha value is -2.04. The molecule has 0 aliphatic rings. The van der Waals surface area contributed by atoms with Crippen LogP contribution in [0.2, 0.25) is 0 Å². The van der Waals surface area contributed by atoms with Crippen LogP contribution in [0.1, 0.15) is 15.9 Å². The highest BCUT2D eigenvalue weighted by atomic mass is 16.4. The highest BCUT2D eigenvalue weighted by molar-refractivity contribution is 5.98. The Morgan fingerprint density at radius 1 is 1.47 bits per heavy atom. The summed E-state index contributed by atoms with van der Waals surface area (Å²) in [4.78, 5) is 21.7. The lowest BCUT2D eigenvalue weighted by Gasteiger charge is -2.07. The fraction of sp³-hybridized carbons (Fsp3) is 0.200. The van der Waals surface area contributed by atoms with Crippen LogP contribution in [-0.2, 0) is 4.79 Å². The largest absolute Gasteiger partial charge is 0.480 e. The summed E-state index contributed by atoms with van der Waals surface area (Å²) in [5.41, 5.74) is 7.18. The molecule has 1 aromatic rings. The molecule has 4 N–H and O–H groups in total. The summed E-state index contributed by atoms with van der Waals surface area (Å²) in [7, 11) is 0. The number of rotatable bonds is 3. The van der Waals surface area contributed by atoms with Gasteiger partial charge in [-0.3, -0.25) is 9.59 Å². The molecule has 5 heteroatoms. The second kappa shape index (κ2) is 4.45. The summed E-state index contributed by atoms with van der Waals surface area (Å²) < 4.78 is 0. The van der Waals surface area contributed by atoms with E-state index in [1.807, 2.05) is 0 Å². The number of carboxylic acid groups (broad SMARTS) is 1. The van der Waals surface area contributed by atoms with Crippen LogP contribution in [0.4, 0.5) is 5.69 Å². The van der Waals surface area contributed by atoms with Crippen LogP contribution in [0.25, 0.3) is 0 Å². The van der Waals surface area contributed by atoms with Crippen LogP contribution in [0.3, 0.4) is 0 Å². The minimum absolute atomic E-state index is 0.396. The molecule has 0 unspecified atom stereocenters. The number of carbonyl (C=O) groups is 2. The molecule has 0 aliphatic heterocycles. The average molecular weight is 208 g/mol. The minimum Gasteiger partial charge on any atom is -0.480 e. The smallest absolute Gasteiger partial charge is 0.322 e. The molecule has 5 nitrogen and oxygen atoms in total. The third-order valence-electron chi connectivity index (χ3n) is 2.02. The molecule has 0 bridgehead atoms. The zero-order valence-corrected chi connectivity index (χ0v) is 8.28. The van der Waals surface area contributed by atoms with Crippen molar-refractivity contribution in [2.24, 2.45) is 0 Å². The fourth-order valence-electron chi connectivity index (χ4n) is 1.15. The van der Waals surface area contributed by atoms with Crippen LogP contribution in [0, 0.1) is 6.92 Å². The third-order valence-corrected chi connectivity index (χ3v) is 2.02. The predicted octanol–water partition coefficient (Wildman–Crippen LogP) is 0.392. The van der Waals surface area contributed by atoms with Gasteiger partial charge in [0.25, 0.3) is 5.91 Å². The molecule has 80 valence electrons. The molecule has 15 heavy (non-hydrogen) atoms. The molecule has 0 heterocycles. The molecule has 0 atom stereocenters. The molecule has 0 saturated carbocycles. The fourth-order valence-corrected chi connectivity index (χ4v) is 1.15. The molecular formula is C10H12N2O3. The van der Waals surface area contributed by atoms with E-state index in [9.17, 15) is 9.59 Å². The number of nitrogens with one attached hydrogen (secondary N) is 1. The van der Waals surface area contributed by atoms with E-state index in [4.69, 9.17) is 10.8 Å². The van der Waals surface area contributed by atoms with E-state index in [0.717, 1.165) is 0 Å². The average Bonchev–Trinajstić information content (AvgIpc) is 2.18. The van der Waals surface area contributed by atoms with Crippen LogP contribution in [-0.4, -0.2) is 23.5 Å². The molecule has 1 amide bonds. The Kier molecular flexibility index (Phi) is 3.28. The highest BCUT2D eigenvalue weighted by Gasteiger charge is 2.10. The van der Waals surface area contributed by atoms with Gasteiger partial charge in [-0.05, 0) is 24.6 Å². The third kappa shape index (κ3) is 2.70. The van der Waals surface area contributed by atoms with Crippen molar-refractivity contribution in [2.45, 2.75) is 6.92 Å². The lowest BCUT2D eigenvalue weighted by Crippen LogP contribution is -2.29. The summed E-state index contributed by atoms with van der Waals surface area (Å²) in [6.45, 7) is 1.32. The summed E-state index contributed by atoms with van der Waals surface area (Å²) in [5.74, 6) is -1.51. The van der Waals surface area contributed by atoms with Gasteiger partial charge >= 0.3 is 5.97 Å². The monoisotopic (exact) mass is 208 g/mol. The molecule has 0 saturated heterocycles. The van der Waals surface area contributed by atoms with Gasteiger partial charge in [-0.25, -0.2) is 0 Å². The van der Waals surface area contributed by atoms with Crippen LogP contribution < -0.4 is 11.1 Å². The number of carboxylic acids is 1. The van der Waals surface area contributed by atoms with Crippen molar-refractivity contribution in [1.82, 2.24) is 5.32 Å². The summed E-state index contributed by atoms with van der Waals surface area (Å²) in [6, 6.07) is 4.93. The molecule has 0 aliphatic carbocycles. The van der Waals surface area contributed by atoms with Gasteiger partial charge in [0.15, 0.2) is 0 Å². The first-order valence-corrected chi connectivity index (χ1v) is 4.37. The second-order valence-electron chi connectivity index (χ2n) is 3.10. The Morgan fingerprint density at radius 3 is 2.73 bits per heavy atom. The SMILES string of the molecule is Cc1c(N)cccc1C(=O)NCC(=O)O. The molecule has 1 aromatic carbocycles. The highest BCUT2D eigenvalue weighted by Crippen LogP contribution is 2.14. The molecular weight excluding hydrogens is 196 g/mol. The molecule has 0 fully saturated rings. The van der Waals surface area contributed by atoms with E-state index in [2.05, 4.69) is 5.32 Å². The number of benzene rings is 1. The standard InChI is InChI=1S/C10H12N2O3/c1-6-7(3-2-4-8(6)11)10(15)12-5-9(13)14/h2-4H,5,11H2,1H3,(H,12,15)(H,13,14). The Morgan fingerprint density at radius 2 is 2.13 bits per heavy atom. The number of nitrogen functional groups attached to an aromatic ring is 1. The molecule has 0 aromatic heterocycles. The number of hydrogen-bond donors (Lipinski definition) is 3. The van der Waals surface area contributed by atoms with Crippen molar-refractivity contribution >= 4 is 17.6 Å². The maximum Gasteiger partial charge on any atom is 0.322 e. The summed E-state index contributed by atoms with van der Waals surface area (Å²) >= 11 is 0. The van der Waals surface area contributed by atoms with E-state index in [-0.39, 0.29) is 0 Å². The summed E-state index contributed by atoms with van der Waals surface area (Å²) in [5, 5.41) is 10.7. The quantitative estimate of drug-likeness (QED) is 0.626. The van der Waals surface area contributed by atoms with E-state index in [0.29, 0.717) is 16.8 Å². The second-order valence-corrected chi connectivity index (χ2v) is 3.10. The Labute approximate surface area is 86.9 Å². The van der Waals surface area contributed by atoms with E-state index < -0.39 is 18.4 Å². The van der Waals surface area contributed by atoms with Gasteiger partial charge in [-0.1, -0.05) is 6.07 Å². The maximum absolute atomic E-state index is 11.5. The molecule has 0 radical (unpaired) electrons. The first-order valence-electron chi connectivity index (χ1n) is 4.37. The van der Waals surface area contributed by atoms with E-state index in [1.54, 1.807) is 25.1 Å². The zero-order valence-electron chi connectivity index (χ0n) is 8.28. The topological polar surface area (TPSA) is 92.4 Å². The van der Waals surface area contributed by atoms with Crippen molar-refractivity contribution in [1.29, 1.82) is 0 Å². The van der Waals surface area contributed by atoms with Crippen molar-refractivity contribution in [3.05, 3.63) is 29.3 Å². The van der Waals surface area contributed by atoms with Gasteiger partial charge in [0, 0.05) is 11.3 Å². The van der Waals surface area contributed by atoms with Crippen LogP contribution >= 0.6 is 0 Å². The van der Waals surface area contributed by atoms with Crippen LogP contribution in [0.5, 0.6) is 0 Å². The van der Waals surface area contributed by atoms with Gasteiger partial charge in [-0.15, -0.1) is 0 Å². The summed E-state index contributed by atoms with van der Waals surface area (Å²) in [6.07, 6.45) is 0. The normalized spacial score (nSPS) is 9.67. The molecule has 1 rings (SSSR count). The minimum atomic E-state index is -1.08. The van der Waals surface area contributed by atoms with Gasteiger partial charge in [0.1, 0.15) is 6.54 Å². The first-order chi connectivity index (χ1) is 7.02. The number of nitrogens with two attached hydrogens (primary N) is 1. The van der Waals surface area contributed by atoms with E-state index in [1.165, 1.54) is 0 Å². The maximum atomic E-state index is 11.5. The predicted molar refractivity (Wildman–Crippen MR) is 55.6 cm³/mol. The number of amides is 1. The van der Waals surface area contributed by atoms with Crippen LogP contribution in [0.15, 0.2) is 18.2 Å². The van der Waals surface area contributed by atoms with Gasteiger partial charge in [0.2, 0.25) is 0 Å². The number of aliphatic carboxylic acids is 1. The van der Waals surface area contributed by atoms with Crippen molar-refractivity contribution < 1.29 is 14.7 Å². The number of hydrogen-bond acceptors (Lipinski definition) is 3. The van der Waals surface area contributed by atoms with Gasteiger partial charge < -0.3 is 16.2 Å². The van der Waals surface area contributed by atoms with E-state index >= 15 is 0 Å². The lowest BCUT2D eigenvalue weighted by atomic mass is 10.1. The lowest BCUT2D eigenvalue weighted by molar-refractivity contribution is -0.135. The van der Waals surface area contributed by atoms with Gasteiger partial charge in [-0.2, -0.15) is 0 Å². The number of anilines is 1. The molecule has 0 spiro atoms. The zero-order chi connectivity index (χ0) is 11.4. The Bertz CT molecular complexity index is 402. The number of carbonyl (C=O) groups excluding carboxylic acids is 1.